The molecule has 1 aliphatic heterocycles. The molecule has 1 heterocycles. The second kappa shape index (κ2) is 4.72. The highest BCUT2D eigenvalue weighted by Gasteiger charge is 2.36. The van der Waals surface area contributed by atoms with E-state index in [1.165, 1.54) is 24.1 Å². The van der Waals surface area contributed by atoms with Crippen LogP contribution in [0.15, 0.2) is 17.2 Å². The Morgan fingerprint density at radius 3 is 2.75 bits per heavy atom. The molecule has 5 N–H and O–H groups in total. The highest BCUT2D eigenvalue weighted by molar-refractivity contribution is 7.86. The number of fused-ring (bicyclic) bond motifs is 1. The molecule has 0 aliphatic carbocycles. The highest BCUT2D eigenvalue weighted by atomic mass is 32.2. The van der Waals surface area contributed by atoms with E-state index in [2.05, 4.69) is 5.11 Å². The molecule has 1 aromatic rings. The second-order valence-electron chi connectivity index (χ2n) is 4.34. The number of azo groups is 1. The van der Waals surface area contributed by atoms with E-state index in [-0.39, 0.29) is 17.9 Å². The smallest absolute Gasteiger partial charge is 0.505 e. The average Bonchev–Trinajstić information content (AvgIpc) is 2.63. The zero-order valence-corrected chi connectivity index (χ0v) is 11.3. The summed E-state index contributed by atoms with van der Waals surface area (Å²) in [6.07, 6.45) is 0.0457. The first-order chi connectivity index (χ1) is 9.20. The van der Waals surface area contributed by atoms with E-state index in [0.29, 0.717) is 11.3 Å². The minimum absolute atomic E-state index is 0.0457. The molecule has 0 aromatic heterocycles. The minimum atomic E-state index is -4.25. The lowest BCUT2D eigenvalue weighted by atomic mass is 10.1. The van der Waals surface area contributed by atoms with Crippen LogP contribution in [0, 0.1) is 0 Å². The van der Waals surface area contributed by atoms with Crippen LogP contribution in [0.4, 0.5) is 16.2 Å². The van der Waals surface area contributed by atoms with E-state index in [4.69, 9.17) is 10.3 Å². The Morgan fingerprint density at radius 2 is 2.20 bits per heavy atom. The normalized spacial score (nSPS) is 18.5. The zero-order valence-electron chi connectivity index (χ0n) is 10.4. The SMILES string of the molecule is CN1c2cc(O)c(N=[NH+]C(N)=O)cc2C[C@@H]1S(=O)(=O)O. The van der Waals surface area contributed by atoms with Gasteiger partial charge in [-0.25, -0.2) is 5.73 Å². The first kappa shape index (κ1) is 14.2. The number of primary amides is 1. The monoisotopic (exact) mass is 301 g/mol. The van der Waals surface area contributed by atoms with Crippen LogP contribution in [-0.2, 0) is 16.5 Å². The van der Waals surface area contributed by atoms with E-state index >= 15 is 0 Å². The molecule has 0 fully saturated rings. The largest absolute Gasteiger partial charge is 0.507 e. The lowest BCUT2D eigenvalue weighted by molar-refractivity contribution is -0.417. The molecule has 0 saturated carbocycles. The first-order valence-electron chi connectivity index (χ1n) is 5.51. The van der Waals surface area contributed by atoms with Gasteiger partial charge < -0.3 is 10.0 Å². The van der Waals surface area contributed by atoms with Crippen LogP contribution in [0.25, 0.3) is 0 Å². The molecule has 20 heavy (non-hydrogen) atoms. The Balaban J connectivity index is 2.44. The number of nitrogens with zero attached hydrogens (tertiary/aromatic N) is 2. The molecule has 0 spiro atoms. The number of likely N-dealkylation sites (N-methyl/N-ethyl adjacent to an activating group) is 1. The van der Waals surface area contributed by atoms with Crippen molar-refractivity contribution in [3.8, 4) is 5.75 Å². The number of hydrogen-bond donors (Lipinski definition) is 4. The summed E-state index contributed by atoms with van der Waals surface area (Å²) >= 11 is 0. The molecule has 0 bridgehead atoms. The van der Waals surface area contributed by atoms with Crippen LogP contribution in [0.1, 0.15) is 5.56 Å². The molecule has 10 heteroatoms. The van der Waals surface area contributed by atoms with Gasteiger partial charge in [0, 0.05) is 25.2 Å². The third-order valence-corrected chi connectivity index (χ3v) is 4.18. The van der Waals surface area contributed by atoms with Crippen molar-refractivity contribution in [1.29, 1.82) is 0 Å². The number of rotatable bonds is 2. The number of aromatic hydroxyl groups is 1. The van der Waals surface area contributed by atoms with Gasteiger partial charge in [-0.2, -0.15) is 13.2 Å². The van der Waals surface area contributed by atoms with Crippen LogP contribution < -0.4 is 15.7 Å². The zero-order chi connectivity index (χ0) is 15.1. The van der Waals surface area contributed by atoms with Crippen LogP contribution in [-0.4, -0.2) is 36.5 Å². The second-order valence-corrected chi connectivity index (χ2v) is 5.92. The van der Waals surface area contributed by atoms with Gasteiger partial charge in [0.25, 0.3) is 10.1 Å². The van der Waals surface area contributed by atoms with Crippen molar-refractivity contribution in [3.63, 3.8) is 0 Å². The number of phenols is 1. The summed E-state index contributed by atoms with van der Waals surface area (Å²) in [7, 11) is -2.76. The number of carbonyl (C=O) groups excluding carboxylic acids is 1. The number of anilines is 1. The van der Waals surface area contributed by atoms with Crippen molar-refractivity contribution in [1.82, 2.24) is 0 Å². The maximum atomic E-state index is 11.3. The number of carbonyl (C=O) groups is 1. The fourth-order valence-electron chi connectivity index (χ4n) is 2.09. The van der Waals surface area contributed by atoms with Gasteiger partial charge in [0.2, 0.25) is 0 Å². The summed E-state index contributed by atoms with van der Waals surface area (Å²) in [5.74, 6) is -0.250. The third-order valence-electron chi connectivity index (χ3n) is 3.01. The van der Waals surface area contributed by atoms with E-state index in [1.54, 1.807) is 0 Å². The molecule has 2 rings (SSSR count). The van der Waals surface area contributed by atoms with Crippen molar-refractivity contribution >= 4 is 27.5 Å². The molecular weight excluding hydrogens is 288 g/mol. The van der Waals surface area contributed by atoms with Gasteiger partial charge in [-0.15, -0.1) is 5.11 Å². The fraction of sp³-hybridized carbons (Fsp3) is 0.300. The highest BCUT2D eigenvalue weighted by Crippen LogP contribution is 2.40. The topological polar surface area (TPSA) is 147 Å². The van der Waals surface area contributed by atoms with E-state index in [0.717, 1.165) is 0 Å². The van der Waals surface area contributed by atoms with Gasteiger partial charge in [-0.05, 0) is 11.6 Å². The predicted molar refractivity (Wildman–Crippen MR) is 68.2 cm³/mol. The quantitative estimate of drug-likeness (QED) is 0.400. The van der Waals surface area contributed by atoms with Crippen molar-refractivity contribution in [2.75, 3.05) is 11.9 Å². The lowest BCUT2D eigenvalue weighted by Gasteiger charge is -2.19. The Hall–Kier alpha value is -2.20. The molecule has 1 aliphatic rings. The Kier molecular flexibility index (Phi) is 3.36. The Morgan fingerprint density at radius 1 is 1.55 bits per heavy atom. The average molecular weight is 301 g/mol. The predicted octanol–water partition coefficient (Wildman–Crippen LogP) is -1.16. The van der Waals surface area contributed by atoms with Crippen molar-refractivity contribution in [2.24, 2.45) is 10.8 Å². The van der Waals surface area contributed by atoms with Crippen LogP contribution in [0.2, 0.25) is 0 Å². The number of benzene rings is 1. The van der Waals surface area contributed by atoms with E-state index in [9.17, 15) is 18.3 Å². The molecule has 9 nitrogen and oxygen atoms in total. The molecule has 0 saturated heterocycles. The van der Waals surface area contributed by atoms with Gasteiger partial charge in [-0.3, -0.25) is 4.55 Å². The van der Waals surface area contributed by atoms with Gasteiger partial charge in [-0.1, -0.05) is 5.11 Å². The molecule has 108 valence electrons. The molecule has 1 atom stereocenters. The number of nitrogens with two attached hydrogens (primary N) is 1. The fourth-order valence-corrected chi connectivity index (χ4v) is 2.99. The number of phenolic OH excluding ortho intramolecular Hbond substituents is 1. The lowest BCUT2D eigenvalue weighted by Crippen LogP contribution is -2.73. The van der Waals surface area contributed by atoms with Crippen molar-refractivity contribution < 1.29 is 28.0 Å². The molecule has 2 amide bonds. The molecule has 0 unspecified atom stereocenters. The number of hydrogen-bond acceptors (Lipinski definition) is 6. The number of nitrogens with one attached hydrogen (secondary N) is 1. The van der Waals surface area contributed by atoms with Gasteiger partial charge >= 0.3 is 6.03 Å². The standard InChI is InChI=1S/C10H12N4O5S/c1-14-7-4-8(15)6(12-13-10(11)16)2-5(7)3-9(14)20(17,18)19/h2,4,9,15H,3H2,1H3,(H2,11,16)(H,17,18,19)/p+1/t9-/m0/s1. The summed E-state index contributed by atoms with van der Waals surface area (Å²) in [6, 6.07) is 1.84. The maximum absolute atomic E-state index is 11.3. The molecular formula is C10H13N4O5S+. The summed E-state index contributed by atoms with van der Waals surface area (Å²) in [4.78, 5) is 11.9. The first-order valence-corrected chi connectivity index (χ1v) is 7.01. The van der Waals surface area contributed by atoms with Crippen molar-refractivity contribution in [3.05, 3.63) is 17.7 Å². The van der Waals surface area contributed by atoms with Gasteiger partial charge in [0.1, 0.15) is 11.4 Å². The summed E-state index contributed by atoms with van der Waals surface area (Å²) < 4.78 is 31.6. The van der Waals surface area contributed by atoms with Crippen LogP contribution in [0.5, 0.6) is 5.75 Å². The summed E-state index contributed by atoms with van der Waals surface area (Å²) in [6.45, 7) is 0. The third kappa shape index (κ3) is 2.56. The van der Waals surface area contributed by atoms with Gasteiger partial charge in [0.15, 0.2) is 5.37 Å². The molecule has 1 aromatic carbocycles. The summed E-state index contributed by atoms with van der Waals surface area (Å²) in [5.41, 5.74) is 5.94. The number of urea groups is 1. The van der Waals surface area contributed by atoms with Crippen LogP contribution >= 0.6 is 0 Å². The Bertz CT molecular complexity index is 700. The van der Waals surface area contributed by atoms with Crippen molar-refractivity contribution in [2.45, 2.75) is 11.8 Å². The number of amides is 2. The summed E-state index contributed by atoms with van der Waals surface area (Å²) in [5, 5.41) is 14.2. The Labute approximate surface area is 114 Å². The van der Waals surface area contributed by atoms with E-state index < -0.39 is 21.5 Å². The maximum Gasteiger partial charge on any atom is 0.507 e. The van der Waals surface area contributed by atoms with Gasteiger partial charge in [0.05, 0.1) is 0 Å². The van der Waals surface area contributed by atoms with Crippen LogP contribution in [0.3, 0.4) is 0 Å². The molecule has 0 radical (unpaired) electrons. The van der Waals surface area contributed by atoms with E-state index in [1.807, 2.05) is 5.11 Å². The minimum Gasteiger partial charge on any atom is -0.505 e.